The van der Waals surface area contributed by atoms with Crippen LogP contribution < -0.4 is 10.1 Å². The number of amides is 4. The molecule has 2 atom stereocenters. The Balaban J connectivity index is 0.895. The molecule has 1 saturated heterocycles. The summed E-state index contributed by atoms with van der Waals surface area (Å²) >= 11 is 0. The van der Waals surface area contributed by atoms with Crippen molar-refractivity contribution in [3.63, 3.8) is 0 Å². The summed E-state index contributed by atoms with van der Waals surface area (Å²) in [6.07, 6.45) is 4.55. The molecule has 0 aliphatic carbocycles. The van der Waals surface area contributed by atoms with Crippen LogP contribution in [0.15, 0.2) is 72.9 Å². The normalized spacial score (nSPS) is 18.0. The first-order valence-corrected chi connectivity index (χ1v) is 18.4. The minimum atomic E-state index is -0.651. The molecule has 3 aliphatic heterocycles. The highest BCUT2D eigenvalue weighted by Crippen LogP contribution is 2.37. The number of piperidine rings is 1. The maximum atomic E-state index is 13.1. The van der Waals surface area contributed by atoms with Crippen LogP contribution in [0.4, 0.5) is 0 Å². The van der Waals surface area contributed by atoms with E-state index in [1.165, 1.54) is 0 Å². The maximum Gasteiger partial charge on any atom is 0.255 e. The van der Waals surface area contributed by atoms with E-state index in [1.54, 1.807) is 15.9 Å². The monoisotopic (exact) mass is 720 g/mol. The molecule has 11 nitrogen and oxygen atoms in total. The number of imidazole rings is 1. The summed E-state index contributed by atoms with van der Waals surface area (Å²) in [6, 6.07) is 20.8. The predicted molar refractivity (Wildman–Crippen MR) is 203 cm³/mol. The quantitative estimate of drug-likeness (QED) is 0.121. The van der Waals surface area contributed by atoms with Crippen molar-refractivity contribution in [3.8, 4) is 40.1 Å². The minimum absolute atomic E-state index is 0.0990. The number of benzene rings is 3. The number of fused-ring (bicyclic) bond motifs is 3. The Kier molecular flexibility index (Phi) is 9.19. The third kappa shape index (κ3) is 6.27. The fourth-order valence-electron chi connectivity index (χ4n) is 7.79. The van der Waals surface area contributed by atoms with Crippen LogP contribution in [0.5, 0.6) is 5.75 Å². The fraction of sp³-hybridized carbons (Fsp3) is 0.302. The zero-order valence-corrected chi connectivity index (χ0v) is 30.5. The number of hydrogen-bond donors (Lipinski definition) is 1. The van der Waals surface area contributed by atoms with Gasteiger partial charge in [-0.1, -0.05) is 43.0 Å². The Labute approximate surface area is 313 Å². The van der Waals surface area contributed by atoms with Crippen molar-refractivity contribution in [2.45, 2.75) is 71.1 Å². The highest BCUT2D eigenvalue weighted by molar-refractivity contribution is 6.05. The predicted octanol–water partition coefficient (Wildman–Crippen LogP) is 5.83. The summed E-state index contributed by atoms with van der Waals surface area (Å²) in [5.74, 6) is 7.27. The van der Waals surface area contributed by atoms with E-state index in [0.717, 1.165) is 74.5 Å². The number of unbranched alkanes of at least 4 members (excludes halogenated alkanes) is 1. The smallest absolute Gasteiger partial charge is 0.255 e. The van der Waals surface area contributed by atoms with Gasteiger partial charge in [0.1, 0.15) is 23.7 Å². The second kappa shape index (κ2) is 14.3. The number of hydrogen-bond acceptors (Lipinski definition) is 7. The molecular formula is C43H40N6O5. The number of nitrogens with one attached hydrogen (secondary N) is 1. The Morgan fingerprint density at radius 3 is 2.57 bits per heavy atom. The summed E-state index contributed by atoms with van der Waals surface area (Å²) in [4.78, 5) is 63.1. The van der Waals surface area contributed by atoms with Crippen LogP contribution in [0.2, 0.25) is 0 Å². The van der Waals surface area contributed by atoms with E-state index in [9.17, 15) is 19.2 Å². The molecule has 54 heavy (non-hydrogen) atoms. The number of carbonyl (C=O) groups excluding carboxylic acids is 4. The molecule has 0 spiro atoms. The zero-order chi connectivity index (χ0) is 37.5. The SMILES string of the molecule is CCc1nc(-c2cccc3cc(-c4ccc(OCCCC#Cc5cccc6c5CN(C5CCC(=O)NC5=O)C6=O)cc4)ncc23)c2n1C(C)C(=O)N(C)C2. The maximum absolute atomic E-state index is 13.1. The van der Waals surface area contributed by atoms with Crippen LogP contribution >= 0.6 is 0 Å². The topological polar surface area (TPSA) is 127 Å². The van der Waals surface area contributed by atoms with Crippen LogP contribution in [0.1, 0.15) is 78.6 Å². The summed E-state index contributed by atoms with van der Waals surface area (Å²) < 4.78 is 8.12. The van der Waals surface area contributed by atoms with Gasteiger partial charge in [-0.3, -0.25) is 29.5 Å². The van der Waals surface area contributed by atoms with E-state index >= 15 is 0 Å². The number of ether oxygens (including phenoxy) is 1. The Bertz CT molecular complexity index is 2400. The van der Waals surface area contributed by atoms with Crippen molar-refractivity contribution < 1.29 is 23.9 Å². The first kappa shape index (κ1) is 34.8. The highest BCUT2D eigenvalue weighted by atomic mass is 16.5. The number of aryl methyl sites for hydroxylation is 1. The number of nitrogens with zero attached hydrogens (tertiary/aromatic N) is 5. The molecule has 272 valence electrons. The average molecular weight is 721 g/mol. The Morgan fingerprint density at radius 2 is 1.78 bits per heavy atom. The standard InChI is InChI=1S/C43H40N6O5/c1-4-38-45-40(37-25-47(3)42(52)26(2)49(37)38)31-13-9-12-29-22-35(44-23-33(29)31)28-15-17-30(18-16-28)54-21-7-5-6-10-27-11-8-14-32-34(27)24-48(43(32)53)36-19-20-39(50)46-41(36)51/h8-9,11-18,22-23,26,36H,4-5,7,19-21,24-25H2,1-3H3,(H,46,50,51). The van der Waals surface area contributed by atoms with Gasteiger partial charge in [0.25, 0.3) is 5.91 Å². The average Bonchev–Trinajstić information content (AvgIpc) is 3.72. The van der Waals surface area contributed by atoms with Gasteiger partial charge >= 0.3 is 0 Å². The van der Waals surface area contributed by atoms with E-state index < -0.39 is 11.9 Å². The number of pyridine rings is 1. The molecule has 4 amide bonds. The molecule has 5 aromatic rings. The summed E-state index contributed by atoms with van der Waals surface area (Å²) in [5, 5.41) is 4.42. The molecule has 8 rings (SSSR count). The van der Waals surface area contributed by atoms with Crippen molar-refractivity contribution in [2.75, 3.05) is 13.7 Å². The van der Waals surface area contributed by atoms with Crippen molar-refractivity contribution >= 4 is 34.4 Å². The first-order chi connectivity index (χ1) is 26.2. The third-order valence-corrected chi connectivity index (χ3v) is 10.6. The van der Waals surface area contributed by atoms with E-state index in [4.69, 9.17) is 14.7 Å². The molecular weight excluding hydrogens is 681 g/mol. The van der Waals surface area contributed by atoms with Crippen molar-refractivity contribution in [1.82, 2.24) is 29.7 Å². The molecule has 5 heterocycles. The second-order valence-electron chi connectivity index (χ2n) is 14.0. The Hall–Kier alpha value is -6.28. The van der Waals surface area contributed by atoms with Crippen LogP contribution in [0.25, 0.3) is 33.3 Å². The van der Waals surface area contributed by atoms with Gasteiger partial charge in [0, 0.05) is 66.7 Å². The number of imide groups is 1. The van der Waals surface area contributed by atoms with Gasteiger partial charge in [-0.25, -0.2) is 4.98 Å². The number of likely N-dealkylation sites (N-methyl/N-ethyl adjacent to an activating group) is 1. The molecule has 3 aromatic carbocycles. The largest absolute Gasteiger partial charge is 0.494 e. The Morgan fingerprint density at radius 1 is 0.981 bits per heavy atom. The first-order valence-electron chi connectivity index (χ1n) is 18.4. The van der Waals surface area contributed by atoms with Crippen LogP contribution in [0.3, 0.4) is 0 Å². The molecule has 3 aliphatic rings. The van der Waals surface area contributed by atoms with Gasteiger partial charge in [-0.2, -0.15) is 0 Å². The van der Waals surface area contributed by atoms with E-state index in [0.29, 0.717) is 38.1 Å². The fourth-order valence-corrected chi connectivity index (χ4v) is 7.79. The lowest BCUT2D eigenvalue weighted by molar-refractivity contribution is -0.137. The van der Waals surface area contributed by atoms with E-state index in [2.05, 4.69) is 46.8 Å². The van der Waals surface area contributed by atoms with Gasteiger partial charge in [-0.05, 0) is 73.2 Å². The van der Waals surface area contributed by atoms with Crippen molar-refractivity contribution in [3.05, 3.63) is 101 Å². The third-order valence-electron chi connectivity index (χ3n) is 10.6. The molecule has 1 fully saturated rings. The van der Waals surface area contributed by atoms with Gasteiger partial charge < -0.3 is 19.1 Å². The molecule has 11 heteroatoms. The molecule has 2 unspecified atom stereocenters. The van der Waals surface area contributed by atoms with E-state index in [1.807, 2.05) is 62.6 Å². The second-order valence-corrected chi connectivity index (χ2v) is 14.0. The summed E-state index contributed by atoms with van der Waals surface area (Å²) in [5.41, 5.74) is 6.96. The molecule has 0 radical (unpaired) electrons. The molecule has 2 aromatic heterocycles. The van der Waals surface area contributed by atoms with Gasteiger partial charge in [-0.15, -0.1) is 0 Å². The van der Waals surface area contributed by atoms with Gasteiger partial charge in [0.05, 0.1) is 30.2 Å². The number of rotatable bonds is 8. The number of aromatic nitrogens is 3. The van der Waals surface area contributed by atoms with Crippen LogP contribution in [-0.2, 0) is 33.9 Å². The van der Waals surface area contributed by atoms with Crippen molar-refractivity contribution in [2.24, 2.45) is 0 Å². The van der Waals surface area contributed by atoms with Crippen LogP contribution in [0, 0.1) is 11.8 Å². The lowest BCUT2D eigenvalue weighted by Crippen LogP contribution is -2.52. The van der Waals surface area contributed by atoms with Crippen LogP contribution in [-0.4, -0.2) is 67.7 Å². The molecule has 0 saturated carbocycles. The number of carbonyl (C=O) groups is 4. The summed E-state index contributed by atoms with van der Waals surface area (Å²) in [7, 11) is 1.85. The van der Waals surface area contributed by atoms with E-state index in [-0.39, 0.29) is 30.2 Å². The lowest BCUT2D eigenvalue weighted by Gasteiger charge is -2.31. The highest BCUT2D eigenvalue weighted by Gasteiger charge is 2.39. The summed E-state index contributed by atoms with van der Waals surface area (Å²) in [6.45, 7) is 5.33. The van der Waals surface area contributed by atoms with Gasteiger partial charge in [0.2, 0.25) is 17.7 Å². The van der Waals surface area contributed by atoms with Gasteiger partial charge in [0.15, 0.2) is 0 Å². The molecule has 1 N–H and O–H groups in total. The molecule has 0 bridgehead atoms. The zero-order valence-electron chi connectivity index (χ0n) is 30.5. The minimum Gasteiger partial charge on any atom is -0.494 e. The lowest BCUT2D eigenvalue weighted by atomic mass is 10.00. The van der Waals surface area contributed by atoms with Crippen molar-refractivity contribution in [1.29, 1.82) is 0 Å².